The fourth-order valence-electron chi connectivity index (χ4n) is 1.76. The molecule has 0 atom stereocenters. The molecule has 0 saturated heterocycles. The first kappa shape index (κ1) is 8.32. The first-order valence-corrected chi connectivity index (χ1v) is 4.67. The molecule has 0 fully saturated rings. The van der Waals surface area contributed by atoms with Crippen molar-refractivity contribution >= 4 is 10.9 Å². The van der Waals surface area contributed by atoms with Crippen molar-refractivity contribution in [2.24, 2.45) is 0 Å². The highest BCUT2D eigenvalue weighted by Crippen LogP contribution is 2.20. The van der Waals surface area contributed by atoms with Gasteiger partial charge in [0.25, 0.3) is 0 Å². The monoisotopic (exact) mass is 175 g/mol. The Kier molecular flexibility index (Phi) is 2.07. The van der Waals surface area contributed by atoms with Crippen LogP contribution in [0, 0.1) is 6.92 Å². The average molecular weight is 175 g/mol. The molecule has 2 heteroatoms. The molecule has 1 aromatic carbocycles. The van der Waals surface area contributed by atoms with Gasteiger partial charge >= 0.3 is 0 Å². The molecular formula is C11H15N2+. The number of aromatic amines is 1. The number of benzene rings is 1. The minimum Gasteiger partial charge on any atom is -0.361 e. The van der Waals surface area contributed by atoms with E-state index >= 15 is 0 Å². The molecule has 13 heavy (non-hydrogen) atoms. The Morgan fingerprint density at radius 1 is 1.38 bits per heavy atom. The Labute approximate surface area is 77.8 Å². The zero-order valence-electron chi connectivity index (χ0n) is 7.93. The molecule has 2 nitrogen and oxygen atoms in total. The summed E-state index contributed by atoms with van der Waals surface area (Å²) < 4.78 is 0. The minimum absolute atomic E-state index is 0.959. The van der Waals surface area contributed by atoms with Gasteiger partial charge in [-0.15, -0.1) is 0 Å². The van der Waals surface area contributed by atoms with E-state index in [1.807, 2.05) is 0 Å². The van der Waals surface area contributed by atoms with Gasteiger partial charge < -0.3 is 10.7 Å². The van der Waals surface area contributed by atoms with E-state index in [4.69, 9.17) is 0 Å². The van der Waals surface area contributed by atoms with Crippen molar-refractivity contribution in [3.63, 3.8) is 0 Å². The number of aromatic nitrogens is 1. The van der Waals surface area contributed by atoms with Crippen LogP contribution in [0.1, 0.15) is 11.1 Å². The lowest BCUT2D eigenvalue weighted by Gasteiger charge is -1.96. The van der Waals surface area contributed by atoms with Gasteiger partial charge in [-0.25, -0.2) is 0 Å². The lowest BCUT2D eigenvalue weighted by atomic mass is 10.1. The Bertz CT molecular complexity index is 415. The maximum Gasteiger partial charge on any atom is 0.0781 e. The van der Waals surface area contributed by atoms with Crippen molar-refractivity contribution in [2.75, 3.05) is 6.54 Å². The third-order valence-corrected chi connectivity index (χ3v) is 2.46. The van der Waals surface area contributed by atoms with E-state index in [0.717, 1.165) is 13.0 Å². The molecule has 0 saturated carbocycles. The van der Waals surface area contributed by atoms with Crippen LogP contribution in [0.25, 0.3) is 10.9 Å². The molecule has 0 aliphatic rings. The second kappa shape index (κ2) is 3.23. The largest absolute Gasteiger partial charge is 0.361 e. The van der Waals surface area contributed by atoms with Gasteiger partial charge in [0.2, 0.25) is 0 Å². The Hall–Kier alpha value is -1.28. The van der Waals surface area contributed by atoms with Crippen molar-refractivity contribution in [3.8, 4) is 0 Å². The van der Waals surface area contributed by atoms with E-state index < -0.39 is 0 Å². The summed E-state index contributed by atoms with van der Waals surface area (Å²) in [6.45, 7) is 3.09. The fourth-order valence-corrected chi connectivity index (χ4v) is 1.76. The molecule has 4 N–H and O–H groups in total. The summed E-state index contributed by atoms with van der Waals surface area (Å²) in [6.07, 6.45) is 3.16. The first-order chi connectivity index (χ1) is 6.33. The lowest BCUT2D eigenvalue weighted by molar-refractivity contribution is -0.366. The average Bonchev–Trinajstić information content (AvgIpc) is 2.51. The molecule has 0 unspecified atom stereocenters. The van der Waals surface area contributed by atoms with Gasteiger partial charge in [0, 0.05) is 23.5 Å². The molecule has 0 aliphatic heterocycles. The summed E-state index contributed by atoms with van der Waals surface area (Å²) in [5.74, 6) is 0. The first-order valence-electron chi connectivity index (χ1n) is 4.67. The van der Waals surface area contributed by atoms with Crippen LogP contribution in [0.5, 0.6) is 0 Å². The predicted molar refractivity (Wildman–Crippen MR) is 54.5 cm³/mol. The summed E-state index contributed by atoms with van der Waals surface area (Å²) in [5.41, 5.74) is 7.84. The maximum absolute atomic E-state index is 3.88. The van der Waals surface area contributed by atoms with E-state index in [9.17, 15) is 0 Å². The Morgan fingerprint density at radius 3 is 3.00 bits per heavy atom. The molecule has 0 aliphatic carbocycles. The molecule has 1 heterocycles. The van der Waals surface area contributed by atoms with E-state index in [1.54, 1.807) is 0 Å². The number of quaternary nitrogens is 1. The van der Waals surface area contributed by atoms with E-state index in [-0.39, 0.29) is 0 Å². The van der Waals surface area contributed by atoms with Crippen LogP contribution in [0.4, 0.5) is 0 Å². The Morgan fingerprint density at radius 2 is 2.23 bits per heavy atom. The van der Waals surface area contributed by atoms with Crippen LogP contribution >= 0.6 is 0 Å². The van der Waals surface area contributed by atoms with Crippen LogP contribution in [0.2, 0.25) is 0 Å². The van der Waals surface area contributed by atoms with Crippen molar-refractivity contribution in [3.05, 3.63) is 35.5 Å². The summed E-state index contributed by atoms with van der Waals surface area (Å²) in [6, 6.07) is 6.41. The SMILES string of the molecule is Cc1cccc2c(CC[NH3+])c[nH]c12. The number of nitrogens with one attached hydrogen (secondary N) is 1. The van der Waals surface area contributed by atoms with E-state index in [2.05, 4.69) is 42.0 Å². The van der Waals surface area contributed by atoms with Crippen molar-refractivity contribution in [2.45, 2.75) is 13.3 Å². The van der Waals surface area contributed by atoms with Crippen LogP contribution < -0.4 is 5.73 Å². The molecule has 0 amide bonds. The number of fused-ring (bicyclic) bond motifs is 1. The summed E-state index contributed by atoms with van der Waals surface area (Å²) in [7, 11) is 0. The molecule has 0 spiro atoms. The van der Waals surface area contributed by atoms with Crippen LogP contribution in [0.15, 0.2) is 24.4 Å². The maximum atomic E-state index is 3.88. The van der Waals surface area contributed by atoms with Gasteiger partial charge in [0.1, 0.15) is 0 Å². The molecule has 2 rings (SSSR count). The van der Waals surface area contributed by atoms with Crippen molar-refractivity contribution < 1.29 is 5.73 Å². The number of aryl methyl sites for hydroxylation is 1. The lowest BCUT2D eigenvalue weighted by Crippen LogP contribution is -2.51. The highest BCUT2D eigenvalue weighted by atomic mass is 14.7. The topological polar surface area (TPSA) is 43.4 Å². The van der Waals surface area contributed by atoms with Crippen molar-refractivity contribution in [1.82, 2.24) is 4.98 Å². The number of hydrogen-bond acceptors (Lipinski definition) is 0. The standard InChI is InChI=1S/C11H14N2/c1-8-3-2-4-10-9(5-6-12)7-13-11(8)10/h2-4,7,13H,5-6,12H2,1H3/p+1. The third-order valence-electron chi connectivity index (χ3n) is 2.46. The highest BCUT2D eigenvalue weighted by molar-refractivity contribution is 5.85. The zero-order chi connectivity index (χ0) is 9.26. The van der Waals surface area contributed by atoms with Crippen LogP contribution in [0.3, 0.4) is 0 Å². The van der Waals surface area contributed by atoms with Gasteiger partial charge in [-0.3, -0.25) is 0 Å². The molecule has 0 radical (unpaired) electrons. The van der Waals surface area contributed by atoms with Gasteiger partial charge in [0.15, 0.2) is 0 Å². The van der Waals surface area contributed by atoms with E-state index in [0.29, 0.717) is 0 Å². The summed E-state index contributed by atoms with van der Waals surface area (Å²) in [5, 5.41) is 1.35. The predicted octanol–water partition coefficient (Wildman–Crippen LogP) is 1.26. The highest BCUT2D eigenvalue weighted by Gasteiger charge is 2.03. The molecule has 68 valence electrons. The quantitative estimate of drug-likeness (QED) is 0.690. The molecule has 0 bridgehead atoms. The second-order valence-corrected chi connectivity index (χ2v) is 3.41. The number of para-hydroxylation sites is 1. The van der Waals surface area contributed by atoms with Crippen LogP contribution in [-0.4, -0.2) is 11.5 Å². The van der Waals surface area contributed by atoms with Crippen LogP contribution in [-0.2, 0) is 6.42 Å². The van der Waals surface area contributed by atoms with E-state index in [1.165, 1.54) is 22.0 Å². The smallest absolute Gasteiger partial charge is 0.0781 e. The Balaban J connectivity index is 2.61. The number of H-pyrrole nitrogens is 1. The van der Waals surface area contributed by atoms with Gasteiger partial charge in [-0.1, -0.05) is 18.2 Å². The zero-order valence-corrected chi connectivity index (χ0v) is 7.93. The molecule has 2 aromatic rings. The van der Waals surface area contributed by atoms with Crippen molar-refractivity contribution in [1.29, 1.82) is 0 Å². The molecule has 1 aromatic heterocycles. The third kappa shape index (κ3) is 1.33. The molecular weight excluding hydrogens is 160 g/mol. The number of rotatable bonds is 2. The normalized spacial score (nSPS) is 10.9. The van der Waals surface area contributed by atoms with Gasteiger partial charge in [-0.05, 0) is 18.1 Å². The fraction of sp³-hybridized carbons (Fsp3) is 0.273. The number of hydrogen-bond donors (Lipinski definition) is 2. The summed E-state index contributed by atoms with van der Waals surface area (Å²) in [4.78, 5) is 3.31. The van der Waals surface area contributed by atoms with Gasteiger partial charge in [-0.2, -0.15) is 0 Å². The second-order valence-electron chi connectivity index (χ2n) is 3.41. The van der Waals surface area contributed by atoms with Gasteiger partial charge in [0.05, 0.1) is 6.54 Å². The summed E-state index contributed by atoms with van der Waals surface area (Å²) >= 11 is 0. The minimum atomic E-state index is 0.959.